The first-order chi connectivity index (χ1) is 9.68. The third-order valence-electron chi connectivity index (χ3n) is 2.44. The predicted octanol–water partition coefficient (Wildman–Crippen LogP) is 2.92. The van der Waals surface area contributed by atoms with Gasteiger partial charge in [-0.2, -0.15) is 0 Å². The van der Waals surface area contributed by atoms with Gasteiger partial charge in [-0.25, -0.2) is 21.6 Å². The molecule has 1 aromatic heterocycles. The first-order valence-electron chi connectivity index (χ1n) is 5.47. The van der Waals surface area contributed by atoms with Crippen molar-refractivity contribution in [2.24, 2.45) is 0 Å². The predicted molar refractivity (Wildman–Crippen MR) is 85.5 cm³/mol. The number of nitrogens with one attached hydrogen (secondary N) is 1. The van der Waals surface area contributed by atoms with Gasteiger partial charge in [-0.05, 0) is 36.4 Å². The summed E-state index contributed by atoms with van der Waals surface area (Å²) in [6.07, 6.45) is 0. The molecule has 0 amide bonds. The second-order valence-corrected chi connectivity index (χ2v) is 10.6. The molecular weight excluding hydrogens is 422 g/mol. The molecule has 5 nitrogen and oxygen atoms in total. The van der Waals surface area contributed by atoms with Gasteiger partial charge in [0.2, 0.25) is 10.0 Å². The van der Waals surface area contributed by atoms with E-state index in [9.17, 15) is 16.8 Å². The van der Waals surface area contributed by atoms with Gasteiger partial charge >= 0.3 is 0 Å². The van der Waals surface area contributed by atoms with Crippen molar-refractivity contribution in [3.8, 4) is 0 Å². The molecule has 114 valence electrons. The van der Waals surface area contributed by atoms with Gasteiger partial charge in [-0.3, -0.25) is 0 Å². The molecule has 0 fully saturated rings. The fraction of sp³-hybridized carbons (Fsp3) is 0.0909. The highest BCUT2D eigenvalue weighted by molar-refractivity contribution is 9.10. The van der Waals surface area contributed by atoms with Crippen molar-refractivity contribution in [1.82, 2.24) is 4.72 Å². The molecule has 0 aliphatic rings. The molecule has 0 unspecified atom stereocenters. The van der Waals surface area contributed by atoms with Gasteiger partial charge in [0.15, 0.2) is 0 Å². The molecule has 2 rings (SSSR count). The van der Waals surface area contributed by atoms with Gasteiger partial charge in [0, 0.05) is 26.6 Å². The lowest BCUT2D eigenvalue weighted by Crippen LogP contribution is -2.22. The summed E-state index contributed by atoms with van der Waals surface area (Å²) < 4.78 is 49.5. The van der Waals surface area contributed by atoms with Crippen LogP contribution in [0.5, 0.6) is 0 Å². The zero-order valence-electron chi connectivity index (χ0n) is 10.3. The molecular formula is C11H9BrClNO4S3. The molecule has 2 aromatic rings. The summed E-state index contributed by atoms with van der Waals surface area (Å²) in [6, 6.07) is 9.04. The molecule has 1 N–H and O–H groups in total. The zero-order chi connectivity index (χ0) is 15.7. The lowest BCUT2D eigenvalue weighted by Gasteiger charge is -2.05. The maximum Gasteiger partial charge on any atom is 0.270 e. The van der Waals surface area contributed by atoms with Crippen molar-refractivity contribution in [2.45, 2.75) is 15.6 Å². The van der Waals surface area contributed by atoms with Crippen LogP contribution in [0.25, 0.3) is 0 Å². The number of benzene rings is 1. The van der Waals surface area contributed by atoms with E-state index in [-0.39, 0.29) is 15.6 Å². The number of halogens is 2. The van der Waals surface area contributed by atoms with Crippen LogP contribution in [0.2, 0.25) is 0 Å². The van der Waals surface area contributed by atoms with Crippen LogP contribution >= 0.6 is 37.9 Å². The summed E-state index contributed by atoms with van der Waals surface area (Å²) in [7, 11) is -2.22. The Morgan fingerprint density at radius 1 is 1.05 bits per heavy atom. The molecule has 0 aliphatic heterocycles. The maximum absolute atomic E-state index is 12.1. The summed E-state index contributed by atoms with van der Waals surface area (Å²) in [5, 5.41) is 0. The summed E-state index contributed by atoms with van der Waals surface area (Å²) in [4.78, 5) is 0.683. The highest BCUT2D eigenvalue weighted by Gasteiger charge is 2.16. The number of thiophene rings is 1. The smallest absolute Gasteiger partial charge is 0.207 e. The zero-order valence-corrected chi connectivity index (χ0v) is 15.1. The van der Waals surface area contributed by atoms with Crippen molar-refractivity contribution in [3.63, 3.8) is 0 Å². The van der Waals surface area contributed by atoms with E-state index in [1.54, 1.807) is 12.1 Å². The Kier molecular flexibility index (Phi) is 5.11. The van der Waals surface area contributed by atoms with E-state index >= 15 is 0 Å². The average molecular weight is 431 g/mol. The van der Waals surface area contributed by atoms with Crippen LogP contribution in [0.4, 0.5) is 0 Å². The molecule has 21 heavy (non-hydrogen) atoms. The van der Waals surface area contributed by atoms with E-state index in [1.807, 2.05) is 0 Å². The summed E-state index contributed by atoms with van der Waals surface area (Å²) >= 11 is 4.15. The van der Waals surface area contributed by atoms with Crippen LogP contribution in [-0.4, -0.2) is 16.8 Å². The van der Waals surface area contributed by atoms with Gasteiger partial charge in [-0.1, -0.05) is 15.9 Å². The quantitative estimate of drug-likeness (QED) is 0.740. The van der Waals surface area contributed by atoms with Crippen molar-refractivity contribution < 1.29 is 16.8 Å². The minimum absolute atomic E-state index is 0.00449. The van der Waals surface area contributed by atoms with E-state index in [2.05, 4.69) is 20.7 Å². The standard InChI is InChI=1S/C11H9BrClNO4S3/c12-8-1-4-10(5-2-8)21(17,18)14-7-9-3-6-11(19-9)20(13,15)16/h1-6,14H,7H2. The molecule has 0 atom stereocenters. The maximum atomic E-state index is 12.1. The second-order valence-electron chi connectivity index (χ2n) is 3.94. The molecule has 10 heteroatoms. The minimum Gasteiger partial charge on any atom is -0.207 e. The van der Waals surface area contributed by atoms with Crippen LogP contribution in [0.1, 0.15) is 4.88 Å². The Morgan fingerprint density at radius 3 is 2.19 bits per heavy atom. The van der Waals surface area contributed by atoms with E-state index < -0.39 is 19.1 Å². The molecule has 0 aliphatic carbocycles. The number of hydrogen-bond acceptors (Lipinski definition) is 5. The number of hydrogen-bond donors (Lipinski definition) is 1. The van der Waals surface area contributed by atoms with Crippen LogP contribution in [-0.2, 0) is 25.6 Å². The molecule has 1 heterocycles. The van der Waals surface area contributed by atoms with E-state index in [0.29, 0.717) is 4.88 Å². The Hall–Kier alpha value is -0.450. The van der Waals surface area contributed by atoms with E-state index in [1.165, 1.54) is 24.3 Å². The SMILES string of the molecule is O=S(=O)(Cl)c1ccc(CNS(=O)(=O)c2ccc(Br)cc2)s1. The molecule has 0 spiro atoms. The van der Waals surface area contributed by atoms with Crippen LogP contribution in [0, 0.1) is 0 Å². The topological polar surface area (TPSA) is 80.3 Å². The number of rotatable bonds is 5. The van der Waals surface area contributed by atoms with Crippen LogP contribution in [0.3, 0.4) is 0 Å². The van der Waals surface area contributed by atoms with E-state index in [0.717, 1.165) is 15.8 Å². The largest absolute Gasteiger partial charge is 0.270 e. The summed E-state index contributed by atoms with van der Waals surface area (Å²) in [5.74, 6) is 0. The minimum atomic E-state index is -3.78. The Balaban J connectivity index is 2.12. The molecule has 0 bridgehead atoms. The molecule has 0 saturated carbocycles. The van der Waals surface area contributed by atoms with Gasteiger partial charge < -0.3 is 0 Å². The van der Waals surface area contributed by atoms with Crippen molar-refractivity contribution in [3.05, 3.63) is 45.7 Å². The number of sulfonamides is 1. The van der Waals surface area contributed by atoms with Gasteiger partial charge in [-0.15, -0.1) is 11.3 Å². The Morgan fingerprint density at radius 2 is 1.67 bits per heavy atom. The first-order valence-corrected chi connectivity index (χ1v) is 10.9. The van der Waals surface area contributed by atoms with Crippen molar-refractivity contribution in [1.29, 1.82) is 0 Å². The summed E-state index contributed by atoms with van der Waals surface area (Å²) in [6.45, 7) is -0.00449. The second kappa shape index (κ2) is 6.35. The van der Waals surface area contributed by atoms with Crippen molar-refractivity contribution in [2.75, 3.05) is 0 Å². The Bertz CT molecular complexity index is 844. The monoisotopic (exact) mass is 429 g/mol. The fourth-order valence-electron chi connectivity index (χ4n) is 1.45. The Labute approximate surface area is 139 Å². The third-order valence-corrected chi connectivity index (χ3v) is 7.56. The average Bonchev–Trinajstić information content (AvgIpc) is 2.86. The molecule has 0 radical (unpaired) electrons. The normalized spacial score (nSPS) is 12.5. The van der Waals surface area contributed by atoms with Gasteiger partial charge in [0.1, 0.15) is 4.21 Å². The fourth-order valence-corrected chi connectivity index (χ4v) is 4.87. The first kappa shape index (κ1) is 16.9. The lowest BCUT2D eigenvalue weighted by atomic mass is 10.4. The van der Waals surface area contributed by atoms with Crippen molar-refractivity contribution >= 4 is 57.0 Å². The lowest BCUT2D eigenvalue weighted by molar-refractivity contribution is 0.581. The van der Waals surface area contributed by atoms with Crippen LogP contribution < -0.4 is 4.72 Å². The van der Waals surface area contributed by atoms with Gasteiger partial charge in [0.25, 0.3) is 9.05 Å². The third kappa shape index (κ3) is 4.51. The molecule has 1 aromatic carbocycles. The van der Waals surface area contributed by atoms with E-state index in [4.69, 9.17) is 10.7 Å². The highest BCUT2D eigenvalue weighted by Crippen LogP contribution is 2.25. The van der Waals surface area contributed by atoms with Crippen LogP contribution in [0.15, 0.2) is 50.0 Å². The molecule has 0 saturated heterocycles. The highest BCUT2D eigenvalue weighted by atomic mass is 79.9. The summed E-state index contributed by atoms with van der Waals surface area (Å²) in [5.41, 5.74) is 0. The van der Waals surface area contributed by atoms with Gasteiger partial charge in [0.05, 0.1) is 4.90 Å².